The van der Waals surface area contributed by atoms with Crippen LogP contribution in [0.25, 0.3) is 0 Å². The molecule has 2 heterocycles. The third-order valence-corrected chi connectivity index (χ3v) is 6.33. The number of nitrogens with zero attached hydrogens (tertiary/aromatic N) is 1. The Bertz CT molecular complexity index is 306. The van der Waals surface area contributed by atoms with Crippen LogP contribution in [-0.4, -0.2) is 34.2 Å². The molecule has 19 heavy (non-hydrogen) atoms. The van der Waals surface area contributed by atoms with Crippen LogP contribution in [0.4, 0.5) is 0 Å². The highest BCUT2D eigenvalue weighted by molar-refractivity contribution is 5.10. The van der Waals surface area contributed by atoms with Crippen molar-refractivity contribution in [3.63, 3.8) is 0 Å². The average Bonchev–Trinajstić information content (AvgIpc) is 2.83. The van der Waals surface area contributed by atoms with Crippen molar-refractivity contribution >= 4 is 0 Å². The Morgan fingerprint density at radius 3 is 2.74 bits per heavy atom. The number of piperidine rings is 1. The molecule has 1 N–H and O–H groups in total. The highest BCUT2D eigenvalue weighted by atomic mass is 16.3. The summed E-state index contributed by atoms with van der Waals surface area (Å²) < 4.78 is 0. The van der Waals surface area contributed by atoms with Gasteiger partial charge < -0.3 is 5.11 Å². The van der Waals surface area contributed by atoms with Crippen LogP contribution in [0.1, 0.15) is 77.6 Å². The maximum Gasteiger partial charge on any atom is 0.0587 e. The first-order valence-corrected chi connectivity index (χ1v) is 8.71. The van der Waals surface area contributed by atoms with Gasteiger partial charge >= 0.3 is 0 Å². The van der Waals surface area contributed by atoms with Crippen LogP contribution in [0.15, 0.2) is 0 Å². The number of hydrogen-bond donors (Lipinski definition) is 1. The van der Waals surface area contributed by atoms with Gasteiger partial charge in [-0.3, -0.25) is 4.90 Å². The largest absolute Gasteiger partial charge is 0.395 e. The summed E-state index contributed by atoms with van der Waals surface area (Å²) >= 11 is 0. The maximum atomic E-state index is 9.79. The van der Waals surface area contributed by atoms with Crippen molar-refractivity contribution in [3.05, 3.63) is 0 Å². The lowest BCUT2D eigenvalue weighted by Crippen LogP contribution is -2.61. The Morgan fingerprint density at radius 2 is 1.95 bits per heavy atom. The van der Waals surface area contributed by atoms with Crippen LogP contribution in [-0.2, 0) is 0 Å². The van der Waals surface area contributed by atoms with E-state index in [0.29, 0.717) is 18.2 Å². The predicted octanol–water partition coefficient (Wildman–Crippen LogP) is 3.72. The normalized spacial score (nSPS) is 42.9. The second kappa shape index (κ2) is 5.73. The van der Waals surface area contributed by atoms with Gasteiger partial charge in [-0.25, -0.2) is 0 Å². The molecule has 110 valence electrons. The van der Waals surface area contributed by atoms with Crippen LogP contribution in [0.5, 0.6) is 0 Å². The van der Waals surface area contributed by atoms with Crippen LogP contribution in [0, 0.1) is 5.92 Å². The quantitative estimate of drug-likeness (QED) is 0.837. The fraction of sp³-hybridized carbons (Fsp3) is 1.00. The van der Waals surface area contributed by atoms with Gasteiger partial charge in [-0.05, 0) is 50.9 Å². The molecular formula is C17H31NO. The number of hydrogen-bond acceptors (Lipinski definition) is 2. The summed E-state index contributed by atoms with van der Waals surface area (Å²) in [5.41, 5.74) is 0.502. The molecule has 0 aromatic heterocycles. The smallest absolute Gasteiger partial charge is 0.0587 e. The monoisotopic (exact) mass is 265 g/mol. The van der Waals surface area contributed by atoms with Gasteiger partial charge in [0, 0.05) is 17.6 Å². The topological polar surface area (TPSA) is 23.5 Å². The van der Waals surface area contributed by atoms with E-state index in [9.17, 15) is 5.11 Å². The standard InChI is InChI=1S/C17H31NO/c1-2-3-7-15-9-8-14-6-4-5-11-17(14)12-10-16(13-19)18(15)17/h14-16,19H,2-13H2,1H3/t14-,15?,16+,17+/m1/s1. The summed E-state index contributed by atoms with van der Waals surface area (Å²) in [5.74, 6) is 0.940. The van der Waals surface area contributed by atoms with Crippen LogP contribution in [0.2, 0.25) is 0 Å². The molecule has 4 atom stereocenters. The number of unbranched alkanes of at least 4 members (excludes halogenated alkanes) is 1. The van der Waals surface area contributed by atoms with E-state index >= 15 is 0 Å². The highest BCUT2D eigenvalue weighted by Gasteiger charge is 2.55. The van der Waals surface area contributed by atoms with Crippen molar-refractivity contribution in [3.8, 4) is 0 Å². The molecule has 3 aliphatic rings. The second-order valence-corrected chi connectivity index (χ2v) is 7.20. The van der Waals surface area contributed by atoms with Crippen LogP contribution < -0.4 is 0 Å². The first kappa shape index (κ1) is 13.9. The molecular weight excluding hydrogens is 234 g/mol. The third-order valence-electron chi connectivity index (χ3n) is 6.33. The second-order valence-electron chi connectivity index (χ2n) is 7.20. The predicted molar refractivity (Wildman–Crippen MR) is 79.2 cm³/mol. The molecule has 2 saturated heterocycles. The molecule has 0 radical (unpaired) electrons. The molecule has 0 bridgehead atoms. The van der Waals surface area contributed by atoms with Crippen molar-refractivity contribution in [1.82, 2.24) is 4.90 Å². The van der Waals surface area contributed by atoms with Gasteiger partial charge in [0.05, 0.1) is 6.61 Å². The fourth-order valence-corrected chi connectivity index (χ4v) is 5.52. The summed E-state index contributed by atoms with van der Waals surface area (Å²) in [6, 6.07) is 1.25. The lowest BCUT2D eigenvalue weighted by molar-refractivity contribution is -0.0702. The van der Waals surface area contributed by atoms with E-state index in [-0.39, 0.29) is 0 Å². The molecule has 2 heteroatoms. The third kappa shape index (κ3) is 2.25. The van der Waals surface area contributed by atoms with E-state index in [1.165, 1.54) is 70.6 Å². The van der Waals surface area contributed by atoms with Crippen molar-refractivity contribution in [1.29, 1.82) is 0 Å². The van der Waals surface area contributed by atoms with E-state index in [4.69, 9.17) is 0 Å². The molecule has 2 nitrogen and oxygen atoms in total. The zero-order valence-electron chi connectivity index (χ0n) is 12.6. The first-order valence-electron chi connectivity index (χ1n) is 8.71. The van der Waals surface area contributed by atoms with Gasteiger partial charge in [-0.15, -0.1) is 0 Å². The molecule has 0 amide bonds. The van der Waals surface area contributed by atoms with Crippen LogP contribution >= 0.6 is 0 Å². The van der Waals surface area contributed by atoms with E-state index in [1.807, 2.05) is 0 Å². The summed E-state index contributed by atoms with van der Waals surface area (Å²) in [5, 5.41) is 9.79. The van der Waals surface area contributed by atoms with Gasteiger partial charge in [0.25, 0.3) is 0 Å². The summed E-state index contributed by atoms with van der Waals surface area (Å²) in [4.78, 5) is 2.84. The molecule has 1 aliphatic carbocycles. The summed E-state index contributed by atoms with van der Waals surface area (Å²) in [6.07, 6.45) is 15.2. The van der Waals surface area contributed by atoms with E-state index < -0.39 is 0 Å². The average molecular weight is 265 g/mol. The number of aliphatic hydroxyl groups is 1. The van der Waals surface area contributed by atoms with E-state index in [2.05, 4.69) is 11.8 Å². The number of aliphatic hydroxyl groups excluding tert-OH is 1. The Labute approximate surface area is 118 Å². The zero-order chi connectivity index (χ0) is 13.3. The highest BCUT2D eigenvalue weighted by Crippen LogP contribution is 2.54. The molecule has 3 rings (SSSR count). The molecule has 1 saturated carbocycles. The molecule has 1 unspecified atom stereocenters. The lowest BCUT2D eigenvalue weighted by Gasteiger charge is -2.56. The minimum absolute atomic E-state index is 0.386. The Morgan fingerprint density at radius 1 is 1.05 bits per heavy atom. The first-order chi connectivity index (χ1) is 9.31. The van der Waals surface area contributed by atoms with Crippen LogP contribution in [0.3, 0.4) is 0 Å². The summed E-state index contributed by atoms with van der Waals surface area (Å²) in [7, 11) is 0. The van der Waals surface area contributed by atoms with E-state index in [0.717, 1.165) is 12.0 Å². The van der Waals surface area contributed by atoms with E-state index in [1.54, 1.807) is 0 Å². The van der Waals surface area contributed by atoms with Gasteiger partial charge in [-0.1, -0.05) is 32.6 Å². The van der Waals surface area contributed by atoms with Crippen molar-refractivity contribution in [2.24, 2.45) is 5.92 Å². The molecule has 2 aliphatic heterocycles. The molecule has 0 aromatic rings. The fourth-order valence-electron chi connectivity index (χ4n) is 5.52. The minimum atomic E-state index is 0.386. The SMILES string of the molecule is CCCCC1CC[C@H]2CCCC[C@]23CC[C@@H](CO)N13. The Hall–Kier alpha value is -0.0800. The van der Waals surface area contributed by atoms with Crippen molar-refractivity contribution in [2.45, 2.75) is 95.2 Å². The maximum absolute atomic E-state index is 9.79. The Balaban J connectivity index is 1.83. The zero-order valence-corrected chi connectivity index (χ0v) is 12.6. The molecule has 1 spiro atoms. The van der Waals surface area contributed by atoms with Gasteiger partial charge in [0.15, 0.2) is 0 Å². The molecule has 0 aromatic carbocycles. The summed E-state index contributed by atoms with van der Waals surface area (Å²) in [6.45, 7) is 2.69. The van der Waals surface area contributed by atoms with Gasteiger partial charge in [0.1, 0.15) is 0 Å². The Kier molecular flexibility index (Phi) is 4.19. The lowest BCUT2D eigenvalue weighted by atomic mass is 9.66. The van der Waals surface area contributed by atoms with Crippen molar-refractivity contribution in [2.75, 3.05) is 6.61 Å². The molecule has 3 fully saturated rings. The van der Waals surface area contributed by atoms with Gasteiger partial charge in [-0.2, -0.15) is 0 Å². The van der Waals surface area contributed by atoms with Crippen molar-refractivity contribution < 1.29 is 5.11 Å². The number of rotatable bonds is 4. The van der Waals surface area contributed by atoms with Gasteiger partial charge in [0.2, 0.25) is 0 Å². The minimum Gasteiger partial charge on any atom is -0.395 e.